The van der Waals surface area contributed by atoms with Crippen LogP contribution in [-0.2, 0) is 0 Å². The fraction of sp³-hybridized carbons (Fsp3) is 0.333. The number of nitrogens with zero attached hydrogens (tertiary/aromatic N) is 1. The molecule has 0 bridgehead atoms. The second kappa shape index (κ2) is 4.61. The van der Waals surface area contributed by atoms with Crippen molar-refractivity contribution >= 4 is 5.78 Å². The Balaban J connectivity index is 3.32. The summed E-state index contributed by atoms with van der Waals surface area (Å²) in [6.07, 6.45) is 0. The molecular formula is C12H13NO2. The van der Waals surface area contributed by atoms with E-state index in [1.165, 1.54) is 6.92 Å². The number of nitriles is 1. The van der Waals surface area contributed by atoms with Crippen molar-refractivity contribution in [2.75, 3.05) is 6.61 Å². The number of ether oxygens (including phenoxy) is 1. The lowest BCUT2D eigenvalue weighted by atomic mass is 9.99. The van der Waals surface area contributed by atoms with Crippen LogP contribution in [0.2, 0.25) is 0 Å². The van der Waals surface area contributed by atoms with Gasteiger partial charge in [-0.2, -0.15) is 5.26 Å². The van der Waals surface area contributed by atoms with E-state index in [1.807, 2.05) is 13.0 Å². The average Bonchev–Trinajstić information content (AvgIpc) is 2.16. The lowest BCUT2D eigenvalue weighted by molar-refractivity contribution is 0.101. The van der Waals surface area contributed by atoms with E-state index < -0.39 is 0 Å². The molecular weight excluding hydrogens is 190 g/mol. The number of hydrogen-bond acceptors (Lipinski definition) is 3. The van der Waals surface area contributed by atoms with Gasteiger partial charge in [-0.15, -0.1) is 0 Å². The highest BCUT2D eigenvalue weighted by Crippen LogP contribution is 2.22. The molecule has 0 unspecified atom stereocenters. The van der Waals surface area contributed by atoms with Crippen LogP contribution >= 0.6 is 0 Å². The molecule has 0 saturated carbocycles. The van der Waals surface area contributed by atoms with Gasteiger partial charge < -0.3 is 4.74 Å². The van der Waals surface area contributed by atoms with Gasteiger partial charge >= 0.3 is 0 Å². The summed E-state index contributed by atoms with van der Waals surface area (Å²) in [5.41, 5.74) is 1.65. The van der Waals surface area contributed by atoms with Gasteiger partial charge in [-0.25, -0.2) is 0 Å². The molecule has 0 aliphatic heterocycles. The zero-order valence-electron chi connectivity index (χ0n) is 9.13. The molecule has 0 fully saturated rings. The molecule has 1 aromatic carbocycles. The number of carbonyl (C=O) groups excluding carboxylic acids is 1. The number of carbonyl (C=O) groups is 1. The van der Waals surface area contributed by atoms with Gasteiger partial charge in [0.15, 0.2) is 5.78 Å². The summed E-state index contributed by atoms with van der Waals surface area (Å²) >= 11 is 0. The summed E-state index contributed by atoms with van der Waals surface area (Å²) < 4.78 is 5.30. The van der Waals surface area contributed by atoms with E-state index in [-0.39, 0.29) is 5.78 Å². The van der Waals surface area contributed by atoms with E-state index in [0.717, 1.165) is 5.56 Å². The third-order valence-corrected chi connectivity index (χ3v) is 2.09. The van der Waals surface area contributed by atoms with Gasteiger partial charge in [0.05, 0.1) is 12.2 Å². The number of ketones is 1. The molecule has 0 N–H and O–H groups in total. The minimum absolute atomic E-state index is 0.0906. The number of rotatable bonds is 3. The SMILES string of the molecule is CCOc1cc(C)c(C(C)=O)c(C#N)c1. The van der Waals surface area contributed by atoms with Crippen molar-refractivity contribution in [1.29, 1.82) is 5.26 Å². The van der Waals surface area contributed by atoms with Crippen molar-refractivity contribution in [2.45, 2.75) is 20.8 Å². The number of benzene rings is 1. The number of Topliss-reactive ketones (excluding diaryl/α,β-unsaturated/α-hetero) is 1. The first-order valence-corrected chi connectivity index (χ1v) is 4.78. The molecule has 0 aliphatic carbocycles. The first-order valence-electron chi connectivity index (χ1n) is 4.78. The Bertz CT molecular complexity index is 430. The van der Waals surface area contributed by atoms with Crippen molar-refractivity contribution in [2.24, 2.45) is 0 Å². The van der Waals surface area contributed by atoms with Gasteiger partial charge in [0.25, 0.3) is 0 Å². The molecule has 0 heterocycles. The predicted molar refractivity (Wildman–Crippen MR) is 57.1 cm³/mol. The highest BCUT2D eigenvalue weighted by molar-refractivity contribution is 5.98. The van der Waals surface area contributed by atoms with Crippen LogP contribution in [0.25, 0.3) is 0 Å². The van der Waals surface area contributed by atoms with Gasteiger partial charge in [-0.3, -0.25) is 4.79 Å². The minimum atomic E-state index is -0.0906. The van der Waals surface area contributed by atoms with Crippen LogP contribution in [0.3, 0.4) is 0 Å². The molecule has 3 heteroatoms. The second-order valence-corrected chi connectivity index (χ2v) is 3.26. The van der Waals surface area contributed by atoms with Crippen molar-refractivity contribution in [3.8, 4) is 11.8 Å². The normalized spacial score (nSPS) is 9.47. The third kappa shape index (κ3) is 2.35. The fourth-order valence-corrected chi connectivity index (χ4v) is 1.56. The minimum Gasteiger partial charge on any atom is -0.494 e. The Morgan fingerprint density at radius 2 is 2.20 bits per heavy atom. The fourth-order valence-electron chi connectivity index (χ4n) is 1.56. The Labute approximate surface area is 89.3 Å². The van der Waals surface area contributed by atoms with E-state index in [1.54, 1.807) is 19.1 Å². The molecule has 0 saturated heterocycles. The Morgan fingerprint density at radius 1 is 1.53 bits per heavy atom. The topological polar surface area (TPSA) is 50.1 Å². The van der Waals surface area contributed by atoms with Gasteiger partial charge in [0.2, 0.25) is 0 Å². The van der Waals surface area contributed by atoms with Crippen LogP contribution < -0.4 is 4.74 Å². The lowest BCUT2D eigenvalue weighted by Gasteiger charge is -2.08. The zero-order chi connectivity index (χ0) is 11.4. The molecule has 1 rings (SSSR count). The Kier molecular flexibility index (Phi) is 3.46. The quantitative estimate of drug-likeness (QED) is 0.709. The summed E-state index contributed by atoms with van der Waals surface area (Å²) in [4.78, 5) is 11.3. The summed E-state index contributed by atoms with van der Waals surface area (Å²) in [6, 6.07) is 5.40. The monoisotopic (exact) mass is 203 g/mol. The largest absolute Gasteiger partial charge is 0.494 e. The third-order valence-electron chi connectivity index (χ3n) is 2.09. The summed E-state index contributed by atoms with van der Waals surface area (Å²) in [7, 11) is 0. The molecule has 0 aromatic heterocycles. The molecule has 0 atom stereocenters. The number of hydrogen-bond donors (Lipinski definition) is 0. The standard InChI is InChI=1S/C12H13NO2/c1-4-15-11-5-8(2)12(9(3)14)10(6-11)7-13/h5-6H,4H2,1-3H3. The molecule has 0 amide bonds. The van der Waals surface area contributed by atoms with Crippen LogP contribution in [0.1, 0.15) is 35.3 Å². The van der Waals surface area contributed by atoms with Gasteiger partial charge in [-0.1, -0.05) is 0 Å². The number of aryl methyl sites for hydroxylation is 1. The van der Waals surface area contributed by atoms with E-state index in [4.69, 9.17) is 10.00 Å². The Hall–Kier alpha value is -1.82. The van der Waals surface area contributed by atoms with E-state index in [0.29, 0.717) is 23.5 Å². The van der Waals surface area contributed by atoms with Crippen LogP contribution in [0.15, 0.2) is 12.1 Å². The second-order valence-electron chi connectivity index (χ2n) is 3.26. The maximum atomic E-state index is 11.3. The molecule has 0 radical (unpaired) electrons. The average molecular weight is 203 g/mol. The van der Waals surface area contributed by atoms with Gasteiger partial charge in [0.1, 0.15) is 11.8 Å². The Morgan fingerprint density at radius 3 is 2.67 bits per heavy atom. The molecule has 78 valence electrons. The van der Waals surface area contributed by atoms with Crippen LogP contribution in [0.4, 0.5) is 0 Å². The van der Waals surface area contributed by atoms with Gasteiger partial charge in [0, 0.05) is 5.56 Å². The summed E-state index contributed by atoms with van der Waals surface area (Å²) in [5, 5.41) is 8.93. The van der Waals surface area contributed by atoms with E-state index in [2.05, 4.69) is 0 Å². The van der Waals surface area contributed by atoms with Crippen molar-refractivity contribution in [3.05, 3.63) is 28.8 Å². The maximum Gasteiger partial charge on any atom is 0.161 e. The van der Waals surface area contributed by atoms with Crippen LogP contribution in [0.5, 0.6) is 5.75 Å². The zero-order valence-corrected chi connectivity index (χ0v) is 9.13. The summed E-state index contributed by atoms with van der Waals surface area (Å²) in [6.45, 7) is 5.69. The van der Waals surface area contributed by atoms with Crippen LogP contribution in [0, 0.1) is 18.3 Å². The van der Waals surface area contributed by atoms with Crippen molar-refractivity contribution in [3.63, 3.8) is 0 Å². The maximum absolute atomic E-state index is 11.3. The smallest absolute Gasteiger partial charge is 0.161 e. The van der Waals surface area contributed by atoms with Crippen molar-refractivity contribution < 1.29 is 9.53 Å². The highest BCUT2D eigenvalue weighted by Gasteiger charge is 2.12. The molecule has 3 nitrogen and oxygen atoms in total. The van der Waals surface area contributed by atoms with E-state index in [9.17, 15) is 4.79 Å². The summed E-state index contributed by atoms with van der Waals surface area (Å²) in [5.74, 6) is 0.545. The highest BCUT2D eigenvalue weighted by atomic mass is 16.5. The molecule has 1 aromatic rings. The van der Waals surface area contributed by atoms with Gasteiger partial charge in [-0.05, 0) is 38.5 Å². The predicted octanol–water partition coefficient (Wildman–Crippen LogP) is 2.47. The molecule has 15 heavy (non-hydrogen) atoms. The first kappa shape index (κ1) is 11.3. The van der Waals surface area contributed by atoms with E-state index >= 15 is 0 Å². The molecule has 0 aliphatic rings. The lowest BCUT2D eigenvalue weighted by Crippen LogP contribution is -2.02. The molecule has 0 spiro atoms. The van der Waals surface area contributed by atoms with Crippen molar-refractivity contribution in [1.82, 2.24) is 0 Å². The van der Waals surface area contributed by atoms with Crippen LogP contribution in [-0.4, -0.2) is 12.4 Å². The first-order chi connectivity index (χ1) is 7.10.